The van der Waals surface area contributed by atoms with Crippen LogP contribution in [0.5, 0.6) is 0 Å². The fraction of sp³-hybridized carbons (Fsp3) is 0.333. The van der Waals surface area contributed by atoms with E-state index in [2.05, 4.69) is 11.8 Å². The summed E-state index contributed by atoms with van der Waals surface area (Å²) in [4.78, 5) is 21.7. The van der Waals surface area contributed by atoms with Crippen LogP contribution in [0, 0.1) is 11.8 Å². The highest BCUT2D eigenvalue weighted by Gasteiger charge is 2.16. The third kappa shape index (κ3) is 2.70. The van der Waals surface area contributed by atoms with Crippen molar-refractivity contribution >= 4 is 11.6 Å². The Kier molecular flexibility index (Phi) is 3.41. The summed E-state index contributed by atoms with van der Waals surface area (Å²) < 4.78 is 0. The average molecular weight is 188 g/mol. The molecule has 0 atom stereocenters. The number of hydrogen-bond acceptors (Lipinski definition) is 2. The van der Waals surface area contributed by atoms with Crippen LogP contribution in [-0.2, 0) is 9.59 Å². The van der Waals surface area contributed by atoms with Crippen LogP contribution in [0.15, 0.2) is 23.3 Å². The van der Waals surface area contributed by atoms with Gasteiger partial charge in [0.25, 0.3) is 0 Å². The summed E-state index contributed by atoms with van der Waals surface area (Å²) in [5.74, 6) is 5.80. The Bertz CT molecular complexity index is 386. The summed E-state index contributed by atoms with van der Waals surface area (Å²) in [7, 11) is 0. The molecule has 0 bridgehead atoms. The average Bonchev–Trinajstić information content (AvgIpc) is 2.43. The Morgan fingerprint density at radius 1 is 1.43 bits per heavy atom. The maximum atomic E-state index is 11.1. The summed E-state index contributed by atoms with van der Waals surface area (Å²) in [5, 5.41) is 0. The quantitative estimate of drug-likeness (QED) is 0.464. The van der Waals surface area contributed by atoms with Gasteiger partial charge in [0.05, 0.1) is 0 Å². The molecular weight excluding hydrogens is 176 g/mol. The molecule has 0 amide bonds. The number of ketones is 2. The molecule has 0 radical (unpaired) electrons. The van der Waals surface area contributed by atoms with Crippen molar-refractivity contribution in [2.45, 2.75) is 26.7 Å². The van der Waals surface area contributed by atoms with Crippen LogP contribution >= 0.6 is 0 Å². The minimum absolute atomic E-state index is 0.0208. The van der Waals surface area contributed by atoms with Gasteiger partial charge in [-0.15, -0.1) is 0 Å². The second-order valence-corrected chi connectivity index (χ2v) is 3.24. The van der Waals surface area contributed by atoms with Gasteiger partial charge in [0.15, 0.2) is 11.6 Å². The van der Waals surface area contributed by atoms with Gasteiger partial charge in [-0.2, -0.15) is 0 Å². The zero-order valence-electron chi connectivity index (χ0n) is 8.39. The van der Waals surface area contributed by atoms with Crippen molar-refractivity contribution in [2.24, 2.45) is 0 Å². The summed E-state index contributed by atoms with van der Waals surface area (Å²) in [5.41, 5.74) is 1.68. The molecule has 0 fully saturated rings. The second-order valence-electron chi connectivity index (χ2n) is 3.24. The first kappa shape index (κ1) is 10.5. The number of hydrogen-bond donors (Lipinski definition) is 0. The first-order valence-corrected chi connectivity index (χ1v) is 4.53. The SMILES string of the molecule is CC(=O)/C=C/C#CC1=C(C)C(=O)CC1. The lowest BCUT2D eigenvalue weighted by molar-refractivity contribution is -0.115. The van der Waals surface area contributed by atoms with Gasteiger partial charge in [-0.3, -0.25) is 9.59 Å². The van der Waals surface area contributed by atoms with Crippen molar-refractivity contribution < 1.29 is 9.59 Å². The first-order valence-electron chi connectivity index (χ1n) is 4.53. The van der Waals surface area contributed by atoms with E-state index in [4.69, 9.17) is 0 Å². The van der Waals surface area contributed by atoms with Gasteiger partial charge < -0.3 is 0 Å². The van der Waals surface area contributed by atoms with Crippen LogP contribution in [0.1, 0.15) is 26.7 Å². The van der Waals surface area contributed by atoms with Gasteiger partial charge in [-0.05, 0) is 32.4 Å². The van der Waals surface area contributed by atoms with Gasteiger partial charge in [0, 0.05) is 17.6 Å². The Morgan fingerprint density at radius 3 is 2.64 bits per heavy atom. The number of carbonyl (C=O) groups is 2. The highest BCUT2D eigenvalue weighted by atomic mass is 16.1. The fourth-order valence-electron chi connectivity index (χ4n) is 1.23. The van der Waals surface area contributed by atoms with Gasteiger partial charge in [0.2, 0.25) is 0 Å². The first-order chi connectivity index (χ1) is 6.61. The molecule has 0 aromatic carbocycles. The van der Waals surface area contributed by atoms with E-state index in [0.29, 0.717) is 6.42 Å². The molecule has 0 N–H and O–H groups in total. The second kappa shape index (κ2) is 4.57. The van der Waals surface area contributed by atoms with Crippen molar-refractivity contribution in [3.05, 3.63) is 23.3 Å². The predicted molar refractivity (Wildman–Crippen MR) is 54.5 cm³/mol. The van der Waals surface area contributed by atoms with Crippen LogP contribution < -0.4 is 0 Å². The van der Waals surface area contributed by atoms with E-state index in [-0.39, 0.29) is 11.6 Å². The van der Waals surface area contributed by atoms with Gasteiger partial charge in [-0.25, -0.2) is 0 Å². The van der Waals surface area contributed by atoms with Crippen molar-refractivity contribution in [3.8, 4) is 11.8 Å². The number of rotatable bonds is 1. The van der Waals surface area contributed by atoms with Gasteiger partial charge in [-0.1, -0.05) is 11.8 Å². The van der Waals surface area contributed by atoms with Crippen molar-refractivity contribution in [1.82, 2.24) is 0 Å². The molecule has 0 unspecified atom stereocenters. The van der Waals surface area contributed by atoms with E-state index in [0.717, 1.165) is 17.6 Å². The summed E-state index contributed by atoms with van der Waals surface area (Å²) >= 11 is 0. The molecule has 0 spiro atoms. The minimum atomic E-state index is -0.0208. The third-order valence-corrected chi connectivity index (χ3v) is 2.10. The Labute approximate surface area is 83.7 Å². The fourth-order valence-corrected chi connectivity index (χ4v) is 1.23. The molecule has 0 aromatic heterocycles. The maximum Gasteiger partial charge on any atom is 0.159 e. The summed E-state index contributed by atoms with van der Waals surface area (Å²) in [6.45, 7) is 3.27. The van der Waals surface area contributed by atoms with Crippen molar-refractivity contribution in [3.63, 3.8) is 0 Å². The third-order valence-electron chi connectivity index (χ3n) is 2.10. The molecule has 2 nitrogen and oxygen atoms in total. The standard InChI is InChI=1S/C12H12O2/c1-9(13)5-3-4-6-11-7-8-12(14)10(11)2/h3,5H,7-8H2,1-2H3/b5-3+. The lowest BCUT2D eigenvalue weighted by Gasteiger charge is -1.87. The highest BCUT2D eigenvalue weighted by molar-refractivity contribution is 5.99. The summed E-state index contributed by atoms with van der Waals surface area (Å²) in [6, 6.07) is 0. The molecule has 1 aliphatic carbocycles. The molecule has 14 heavy (non-hydrogen) atoms. The Hall–Kier alpha value is -1.62. The molecule has 72 valence electrons. The normalized spacial score (nSPS) is 16.0. The molecule has 1 rings (SSSR count). The Morgan fingerprint density at radius 2 is 2.14 bits per heavy atom. The number of allylic oxidation sites excluding steroid dienone is 4. The van der Waals surface area contributed by atoms with E-state index in [1.54, 1.807) is 6.92 Å². The molecule has 0 heterocycles. The van der Waals surface area contributed by atoms with E-state index >= 15 is 0 Å². The van der Waals surface area contributed by atoms with Gasteiger partial charge >= 0.3 is 0 Å². The van der Waals surface area contributed by atoms with Crippen LogP contribution in [0.2, 0.25) is 0 Å². The van der Waals surface area contributed by atoms with Crippen molar-refractivity contribution in [1.29, 1.82) is 0 Å². The zero-order valence-corrected chi connectivity index (χ0v) is 8.39. The van der Waals surface area contributed by atoms with E-state index in [1.165, 1.54) is 19.1 Å². The number of carbonyl (C=O) groups excluding carboxylic acids is 2. The van der Waals surface area contributed by atoms with Gasteiger partial charge in [0.1, 0.15) is 0 Å². The van der Waals surface area contributed by atoms with E-state index in [1.807, 2.05) is 0 Å². The molecule has 1 aliphatic rings. The molecule has 0 saturated heterocycles. The van der Waals surface area contributed by atoms with Crippen LogP contribution in [0.3, 0.4) is 0 Å². The molecule has 0 aliphatic heterocycles. The number of Topliss-reactive ketones (excluding diaryl/α,β-unsaturated/α-hetero) is 1. The maximum absolute atomic E-state index is 11.1. The monoisotopic (exact) mass is 188 g/mol. The lowest BCUT2D eigenvalue weighted by atomic mass is 10.2. The van der Waals surface area contributed by atoms with Crippen LogP contribution in [0.4, 0.5) is 0 Å². The lowest BCUT2D eigenvalue weighted by Crippen LogP contribution is -1.89. The van der Waals surface area contributed by atoms with Crippen molar-refractivity contribution in [2.75, 3.05) is 0 Å². The minimum Gasteiger partial charge on any atom is -0.295 e. The van der Waals surface area contributed by atoms with Crippen LogP contribution in [-0.4, -0.2) is 11.6 Å². The zero-order chi connectivity index (χ0) is 10.6. The summed E-state index contributed by atoms with van der Waals surface area (Å²) in [6.07, 6.45) is 4.25. The topological polar surface area (TPSA) is 34.1 Å². The predicted octanol–water partition coefficient (Wildman–Crippen LogP) is 1.81. The molecule has 0 aromatic rings. The highest BCUT2D eigenvalue weighted by Crippen LogP contribution is 2.21. The van der Waals surface area contributed by atoms with E-state index in [9.17, 15) is 9.59 Å². The smallest absolute Gasteiger partial charge is 0.159 e. The largest absolute Gasteiger partial charge is 0.295 e. The molecule has 0 saturated carbocycles. The van der Waals surface area contributed by atoms with Crippen LogP contribution in [0.25, 0.3) is 0 Å². The Balaban J connectivity index is 2.69. The molecular formula is C12H12O2. The van der Waals surface area contributed by atoms with E-state index < -0.39 is 0 Å². The molecule has 2 heteroatoms.